The number of likely N-dealkylation sites (tertiary alicyclic amines) is 1. The first-order valence-electron chi connectivity index (χ1n) is 9.44. The number of hydrogen-bond donors (Lipinski definition) is 2. The van der Waals surface area contributed by atoms with Crippen molar-refractivity contribution in [1.82, 2.24) is 20.2 Å². The van der Waals surface area contributed by atoms with Crippen LogP contribution in [0.1, 0.15) is 43.6 Å². The summed E-state index contributed by atoms with van der Waals surface area (Å²) < 4.78 is 38.1. The lowest BCUT2D eigenvalue weighted by Gasteiger charge is -2.33. The van der Waals surface area contributed by atoms with Crippen molar-refractivity contribution < 1.29 is 13.2 Å². The van der Waals surface area contributed by atoms with Crippen LogP contribution in [0, 0.1) is 6.92 Å². The Morgan fingerprint density at radius 1 is 1.19 bits per heavy atom. The van der Waals surface area contributed by atoms with Gasteiger partial charge in [-0.3, -0.25) is 4.90 Å². The van der Waals surface area contributed by atoms with Crippen molar-refractivity contribution in [1.29, 1.82) is 0 Å². The number of nitrogens with zero attached hydrogens (tertiary/aromatic N) is 2. The third kappa shape index (κ3) is 5.11. The van der Waals surface area contributed by atoms with Crippen LogP contribution in [-0.2, 0) is 12.7 Å². The average molecular weight is 380 g/mol. The largest absolute Gasteiger partial charge is 0.416 e. The SMILES string of the molecule is Cc1[nH]c(-c2ccc(C(F)(F)F)cc2)nc1CN1CCC(NC(C)C)CC1. The van der Waals surface area contributed by atoms with Gasteiger partial charge in [-0.05, 0) is 31.9 Å². The third-order valence-corrected chi connectivity index (χ3v) is 5.00. The van der Waals surface area contributed by atoms with Crippen molar-refractivity contribution in [3.8, 4) is 11.4 Å². The Kier molecular flexibility index (Phi) is 5.91. The molecule has 4 nitrogen and oxygen atoms in total. The molecular formula is C20H27F3N4. The van der Waals surface area contributed by atoms with Gasteiger partial charge in [-0.1, -0.05) is 26.0 Å². The zero-order valence-corrected chi connectivity index (χ0v) is 16.0. The van der Waals surface area contributed by atoms with E-state index in [4.69, 9.17) is 0 Å². The number of rotatable bonds is 5. The molecule has 0 unspecified atom stereocenters. The van der Waals surface area contributed by atoms with Crippen LogP contribution in [-0.4, -0.2) is 40.0 Å². The molecule has 1 aromatic heterocycles. The normalized spacial score (nSPS) is 17.0. The Bertz CT molecular complexity index is 742. The van der Waals surface area contributed by atoms with Gasteiger partial charge in [-0.15, -0.1) is 0 Å². The van der Waals surface area contributed by atoms with E-state index in [1.165, 1.54) is 12.1 Å². The summed E-state index contributed by atoms with van der Waals surface area (Å²) in [4.78, 5) is 10.2. The fourth-order valence-corrected chi connectivity index (χ4v) is 3.55. The second kappa shape index (κ2) is 8.02. The molecule has 1 saturated heterocycles. The highest BCUT2D eigenvalue weighted by atomic mass is 19.4. The minimum Gasteiger partial charge on any atom is -0.342 e. The molecule has 1 aliphatic rings. The van der Waals surface area contributed by atoms with Gasteiger partial charge in [0.15, 0.2) is 0 Å². The number of benzene rings is 1. The van der Waals surface area contributed by atoms with Gasteiger partial charge in [-0.25, -0.2) is 4.98 Å². The molecule has 0 aliphatic carbocycles. The van der Waals surface area contributed by atoms with Crippen molar-refractivity contribution in [2.45, 2.75) is 58.4 Å². The van der Waals surface area contributed by atoms with Crippen molar-refractivity contribution in [3.05, 3.63) is 41.2 Å². The minimum atomic E-state index is -4.32. The van der Waals surface area contributed by atoms with Crippen molar-refractivity contribution in [2.75, 3.05) is 13.1 Å². The lowest BCUT2D eigenvalue weighted by atomic mass is 10.0. The number of piperidine rings is 1. The first kappa shape index (κ1) is 19.9. The van der Waals surface area contributed by atoms with E-state index in [0.29, 0.717) is 23.5 Å². The molecule has 0 radical (unpaired) electrons. The summed E-state index contributed by atoms with van der Waals surface area (Å²) in [6.07, 6.45) is -2.08. The van der Waals surface area contributed by atoms with Crippen LogP contribution in [0.5, 0.6) is 0 Å². The van der Waals surface area contributed by atoms with E-state index in [9.17, 15) is 13.2 Å². The van der Waals surface area contributed by atoms with E-state index in [1.54, 1.807) is 0 Å². The molecule has 3 rings (SSSR count). The molecule has 0 atom stereocenters. The van der Waals surface area contributed by atoms with Gasteiger partial charge in [0.2, 0.25) is 0 Å². The average Bonchev–Trinajstić information content (AvgIpc) is 2.96. The van der Waals surface area contributed by atoms with E-state index in [0.717, 1.165) is 56.0 Å². The van der Waals surface area contributed by atoms with Gasteiger partial charge in [0.1, 0.15) is 5.82 Å². The molecule has 1 fully saturated rings. The Morgan fingerprint density at radius 2 is 1.81 bits per heavy atom. The van der Waals surface area contributed by atoms with Gasteiger partial charge in [0, 0.05) is 43.0 Å². The zero-order valence-electron chi connectivity index (χ0n) is 16.0. The molecule has 27 heavy (non-hydrogen) atoms. The van der Waals surface area contributed by atoms with Crippen LogP contribution in [0.4, 0.5) is 13.2 Å². The van der Waals surface area contributed by atoms with Crippen LogP contribution in [0.25, 0.3) is 11.4 Å². The number of nitrogens with one attached hydrogen (secondary N) is 2. The maximum atomic E-state index is 12.7. The summed E-state index contributed by atoms with van der Waals surface area (Å²) in [6, 6.07) is 6.20. The van der Waals surface area contributed by atoms with E-state index < -0.39 is 11.7 Å². The van der Waals surface area contributed by atoms with Gasteiger partial charge < -0.3 is 10.3 Å². The van der Waals surface area contributed by atoms with Crippen molar-refractivity contribution in [2.24, 2.45) is 0 Å². The molecule has 2 N–H and O–H groups in total. The summed E-state index contributed by atoms with van der Waals surface area (Å²) in [5.74, 6) is 0.618. The maximum absolute atomic E-state index is 12.7. The fraction of sp³-hybridized carbons (Fsp3) is 0.550. The number of alkyl halides is 3. The quantitative estimate of drug-likeness (QED) is 0.810. The Hall–Kier alpha value is -1.86. The Labute approximate surface area is 158 Å². The topological polar surface area (TPSA) is 44.0 Å². The molecule has 148 valence electrons. The molecule has 0 spiro atoms. The zero-order chi connectivity index (χ0) is 19.6. The summed E-state index contributed by atoms with van der Waals surface area (Å²) in [7, 11) is 0. The molecule has 1 aliphatic heterocycles. The summed E-state index contributed by atoms with van der Waals surface area (Å²) >= 11 is 0. The van der Waals surface area contributed by atoms with E-state index in [-0.39, 0.29) is 0 Å². The molecule has 0 bridgehead atoms. The van der Waals surface area contributed by atoms with E-state index in [1.807, 2.05) is 6.92 Å². The summed E-state index contributed by atoms with van der Waals surface area (Å²) in [5.41, 5.74) is 1.94. The number of imidazole rings is 1. The second-order valence-corrected chi connectivity index (χ2v) is 7.60. The lowest BCUT2D eigenvalue weighted by molar-refractivity contribution is -0.137. The second-order valence-electron chi connectivity index (χ2n) is 7.60. The van der Waals surface area contributed by atoms with Gasteiger partial charge in [0.25, 0.3) is 0 Å². The highest BCUT2D eigenvalue weighted by Crippen LogP contribution is 2.30. The number of aromatic nitrogens is 2. The Balaban J connectivity index is 1.63. The smallest absolute Gasteiger partial charge is 0.342 e. The summed E-state index contributed by atoms with van der Waals surface area (Å²) in [6.45, 7) is 9.10. The maximum Gasteiger partial charge on any atom is 0.416 e. The number of aromatic amines is 1. The highest BCUT2D eigenvalue weighted by molar-refractivity contribution is 5.56. The van der Waals surface area contributed by atoms with E-state index >= 15 is 0 Å². The fourth-order valence-electron chi connectivity index (χ4n) is 3.55. The van der Waals surface area contributed by atoms with Gasteiger partial charge >= 0.3 is 6.18 Å². The van der Waals surface area contributed by atoms with Crippen molar-refractivity contribution >= 4 is 0 Å². The minimum absolute atomic E-state index is 0.501. The monoisotopic (exact) mass is 380 g/mol. The number of aryl methyl sites for hydroxylation is 1. The van der Waals surface area contributed by atoms with Crippen molar-refractivity contribution in [3.63, 3.8) is 0 Å². The van der Waals surface area contributed by atoms with Crippen LogP contribution in [0.3, 0.4) is 0 Å². The molecular weight excluding hydrogens is 353 g/mol. The molecule has 7 heteroatoms. The molecule has 2 heterocycles. The van der Waals surface area contributed by atoms with Crippen LogP contribution in [0.15, 0.2) is 24.3 Å². The highest BCUT2D eigenvalue weighted by Gasteiger charge is 2.30. The first-order chi connectivity index (χ1) is 12.7. The van der Waals surface area contributed by atoms with Crippen LogP contribution < -0.4 is 5.32 Å². The lowest BCUT2D eigenvalue weighted by Crippen LogP contribution is -2.44. The van der Waals surface area contributed by atoms with Gasteiger partial charge in [-0.2, -0.15) is 13.2 Å². The molecule has 1 aromatic carbocycles. The third-order valence-electron chi connectivity index (χ3n) is 5.00. The Morgan fingerprint density at radius 3 is 2.37 bits per heavy atom. The van der Waals surface area contributed by atoms with Crippen LogP contribution in [0.2, 0.25) is 0 Å². The van der Waals surface area contributed by atoms with E-state index in [2.05, 4.69) is 34.0 Å². The first-order valence-corrected chi connectivity index (χ1v) is 9.44. The number of H-pyrrole nitrogens is 1. The van der Waals surface area contributed by atoms with Gasteiger partial charge in [0.05, 0.1) is 11.3 Å². The molecule has 2 aromatic rings. The summed E-state index contributed by atoms with van der Waals surface area (Å²) in [5, 5.41) is 3.59. The standard InChI is InChI=1S/C20H27F3N4/c1-13(2)24-17-8-10-27(11-9-17)12-18-14(3)25-19(26-18)15-4-6-16(7-5-15)20(21,22)23/h4-7,13,17,24H,8-12H2,1-3H3,(H,25,26). The number of hydrogen-bond acceptors (Lipinski definition) is 3. The predicted octanol–water partition coefficient (Wildman–Crippen LogP) is 4.37. The molecule has 0 saturated carbocycles. The molecule has 0 amide bonds. The number of halogens is 3. The predicted molar refractivity (Wildman–Crippen MR) is 100 cm³/mol. The van der Waals surface area contributed by atoms with Crippen LogP contribution >= 0.6 is 0 Å².